The highest BCUT2D eigenvalue weighted by atomic mass is 32.1. The Labute approximate surface area is 182 Å². The van der Waals surface area contributed by atoms with Crippen LogP contribution in [0.3, 0.4) is 0 Å². The molecule has 160 valence electrons. The lowest BCUT2D eigenvalue weighted by atomic mass is 10.0. The fraction of sp³-hybridized carbons (Fsp3) is 0.500. The van der Waals surface area contributed by atoms with Crippen molar-refractivity contribution in [1.29, 1.82) is 0 Å². The molecule has 4 rings (SSSR count). The molecule has 1 heterocycles. The van der Waals surface area contributed by atoms with Crippen LogP contribution in [0, 0.1) is 0 Å². The van der Waals surface area contributed by atoms with Crippen molar-refractivity contribution in [1.82, 2.24) is 10.2 Å². The van der Waals surface area contributed by atoms with E-state index in [-0.39, 0.29) is 23.9 Å². The lowest BCUT2D eigenvalue weighted by Crippen LogP contribution is -2.47. The van der Waals surface area contributed by atoms with E-state index in [9.17, 15) is 9.59 Å². The van der Waals surface area contributed by atoms with Gasteiger partial charge in [0.2, 0.25) is 11.8 Å². The molecule has 2 aromatic rings. The van der Waals surface area contributed by atoms with E-state index < -0.39 is 6.04 Å². The molecular weight excluding hydrogens is 396 g/mol. The fourth-order valence-corrected chi connectivity index (χ4v) is 5.02. The average molecular weight is 427 g/mol. The Hall–Kier alpha value is -2.34. The van der Waals surface area contributed by atoms with Gasteiger partial charge in [-0.05, 0) is 50.1 Å². The predicted molar refractivity (Wildman–Crippen MR) is 119 cm³/mol. The Morgan fingerprint density at radius 2 is 1.90 bits per heavy atom. The minimum atomic E-state index is -0.659. The van der Waals surface area contributed by atoms with Crippen LogP contribution in [0.4, 0.5) is 0 Å². The van der Waals surface area contributed by atoms with Gasteiger partial charge in [0, 0.05) is 22.5 Å². The zero-order valence-electron chi connectivity index (χ0n) is 17.5. The number of amides is 2. The third kappa shape index (κ3) is 4.86. The lowest BCUT2D eigenvalue weighted by Gasteiger charge is -2.33. The molecular formula is C24H30N2O3S. The van der Waals surface area contributed by atoms with Crippen LogP contribution in [0.5, 0.6) is 5.75 Å². The number of hydrogen-bond acceptors (Lipinski definition) is 4. The van der Waals surface area contributed by atoms with Crippen LogP contribution in [-0.2, 0) is 16.0 Å². The van der Waals surface area contributed by atoms with Gasteiger partial charge in [0.25, 0.3) is 0 Å². The zero-order chi connectivity index (χ0) is 20.9. The molecule has 0 bridgehead atoms. The van der Waals surface area contributed by atoms with E-state index in [1.54, 1.807) is 11.3 Å². The molecule has 2 aliphatic carbocycles. The van der Waals surface area contributed by atoms with Crippen LogP contribution in [0.25, 0.3) is 0 Å². The molecule has 0 saturated heterocycles. The maximum atomic E-state index is 13.6. The Bertz CT molecular complexity index is 857. The summed E-state index contributed by atoms with van der Waals surface area (Å²) in [5.41, 5.74) is 0.779. The van der Waals surface area contributed by atoms with Crippen molar-refractivity contribution in [3.63, 3.8) is 0 Å². The van der Waals surface area contributed by atoms with Crippen LogP contribution in [0.1, 0.15) is 61.9 Å². The summed E-state index contributed by atoms with van der Waals surface area (Å²) < 4.78 is 5.86. The highest BCUT2D eigenvalue weighted by Crippen LogP contribution is 2.39. The predicted octanol–water partition coefficient (Wildman–Crippen LogP) is 4.48. The van der Waals surface area contributed by atoms with Crippen molar-refractivity contribution in [2.45, 2.75) is 70.0 Å². The Kier molecular flexibility index (Phi) is 6.72. The number of nitrogens with one attached hydrogen (secondary N) is 1. The number of ether oxygens (including phenoxy) is 1. The van der Waals surface area contributed by atoms with Crippen LogP contribution < -0.4 is 10.1 Å². The second-order valence-corrected chi connectivity index (χ2v) is 9.18. The van der Waals surface area contributed by atoms with Gasteiger partial charge in [0.05, 0.1) is 13.0 Å². The van der Waals surface area contributed by atoms with E-state index in [2.05, 4.69) is 5.32 Å². The number of carbonyl (C=O) groups excluding carboxylic acids is 2. The second kappa shape index (κ2) is 9.65. The zero-order valence-corrected chi connectivity index (χ0v) is 18.3. The second-order valence-electron chi connectivity index (χ2n) is 8.15. The maximum Gasteiger partial charge on any atom is 0.247 e. The molecule has 2 aliphatic rings. The summed E-state index contributed by atoms with van der Waals surface area (Å²) in [6.07, 6.45) is 6.54. The van der Waals surface area contributed by atoms with Crippen LogP contribution >= 0.6 is 11.3 Å². The molecule has 0 unspecified atom stereocenters. The molecule has 30 heavy (non-hydrogen) atoms. The first-order valence-corrected chi connectivity index (χ1v) is 11.9. The normalized spacial score (nSPS) is 17.5. The standard InChI is InChI=1S/C24H30N2O3S/c1-2-29-21-12-6-5-11-20(21)23(24(28)25-17-8-3-4-9-17)26(18-13-14-18)22(27)16-19-10-7-15-30-19/h5-7,10-12,15,17-18,23H,2-4,8-9,13-14,16H2,1H3,(H,25,28)/t23-/m0/s1. The van der Waals surface area contributed by atoms with E-state index in [1.807, 2.05) is 53.6 Å². The van der Waals surface area contributed by atoms with Gasteiger partial charge in [-0.1, -0.05) is 37.1 Å². The molecule has 2 fully saturated rings. The minimum absolute atomic E-state index is 0.0119. The number of rotatable bonds is 9. The number of thiophene rings is 1. The van der Waals surface area contributed by atoms with Crippen LogP contribution in [-0.4, -0.2) is 35.4 Å². The molecule has 2 saturated carbocycles. The summed E-state index contributed by atoms with van der Waals surface area (Å²) in [5, 5.41) is 5.22. The van der Waals surface area contributed by atoms with E-state index in [0.717, 1.165) is 49.0 Å². The highest BCUT2D eigenvalue weighted by Gasteiger charge is 2.42. The Balaban J connectivity index is 1.67. The van der Waals surface area contributed by atoms with Gasteiger partial charge in [-0.2, -0.15) is 0 Å². The lowest BCUT2D eigenvalue weighted by molar-refractivity contribution is -0.141. The average Bonchev–Trinajstić information content (AvgIpc) is 3.19. The summed E-state index contributed by atoms with van der Waals surface area (Å²) in [4.78, 5) is 29.9. The minimum Gasteiger partial charge on any atom is -0.494 e. The molecule has 1 N–H and O–H groups in total. The highest BCUT2D eigenvalue weighted by molar-refractivity contribution is 7.10. The van der Waals surface area contributed by atoms with Crippen molar-refractivity contribution >= 4 is 23.2 Å². The van der Waals surface area contributed by atoms with E-state index in [4.69, 9.17) is 4.74 Å². The van der Waals surface area contributed by atoms with E-state index in [0.29, 0.717) is 18.8 Å². The van der Waals surface area contributed by atoms with E-state index in [1.165, 1.54) is 0 Å². The first kappa shape index (κ1) is 20.9. The molecule has 6 heteroatoms. The molecule has 0 radical (unpaired) electrons. The Morgan fingerprint density at radius 1 is 1.13 bits per heavy atom. The van der Waals surface area contributed by atoms with Gasteiger partial charge in [0.15, 0.2) is 0 Å². The van der Waals surface area contributed by atoms with Gasteiger partial charge in [-0.25, -0.2) is 0 Å². The van der Waals surface area contributed by atoms with Crippen molar-refractivity contribution in [3.8, 4) is 5.75 Å². The third-order valence-corrected chi connectivity index (χ3v) is 6.75. The molecule has 0 aliphatic heterocycles. The van der Waals surface area contributed by atoms with E-state index >= 15 is 0 Å². The van der Waals surface area contributed by atoms with Crippen molar-refractivity contribution in [2.24, 2.45) is 0 Å². The SMILES string of the molecule is CCOc1ccccc1[C@@H](C(=O)NC1CCCC1)N(C(=O)Cc1cccs1)C1CC1. The molecule has 1 atom stereocenters. The third-order valence-electron chi connectivity index (χ3n) is 5.88. The first-order chi connectivity index (χ1) is 14.7. The smallest absolute Gasteiger partial charge is 0.247 e. The van der Waals surface area contributed by atoms with Crippen LogP contribution in [0.2, 0.25) is 0 Å². The van der Waals surface area contributed by atoms with Gasteiger partial charge < -0.3 is 15.0 Å². The number of benzene rings is 1. The topological polar surface area (TPSA) is 58.6 Å². The summed E-state index contributed by atoms with van der Waals surface area (Å²) in [6, 6.07) is 11.3. The Morgan fingerprint density at radius 3 is 2.57 bits per heavy atom. The maximum absolute atomic E-state index is 13.6. The summed E-state index contributed by atoms with van der Waals surface area (Å²) in [6.45, 7) is 2.45. The number of carbonyl (C=O) groups is 2. The summed E-state index contributed by atoms with van der Waals surface area (Å²) in [5.74, 6) is 0.611. The molecule has 2 amide bonds. The fourth-order valence-electron chi connectivity index (χ4n) is 4.33. The van der Waals surface area contributed by atoms with Crippen LogP contribution in [0.15, 0.2) is 41.8 Å². The first-order valence-electron chi connectivity index (χ1n) is 11.0. The number of nitrogens with zero attached hydrogens (tertiary/aromatic N) is 1. The molecule has 1 aromatic carbocycles. The number of hydrogen-bond donors (Lipinski definition) is 1. The molecule has 1 aromatic heterocycles. The van der Waals surface area contributed by atoms with Crippen molar-refractivity contribution in [3.05, 3.63) is 52.2 Å². The molecule has 5 nitrogen and oxygen atoms in total. The quantitative estimate of drug-likeness (QED) is 0.643. The van der Waals surface area contributed by atoms with Gasteiger partial charge in [-0.3, -0.25) is 9.59 Å². The largest absolute Gasteiger partial charge is 0.494 e. The number of para-hydroxylation sites is 1. The monoisotopic (exact) mass is 426 g/mol. The van der Waals surface area contributed by atoms with Crippen molar-refractivity contribution in [2.75, 3.05) is 6.61 Å². The van der Waals surface area contributed by atoms with Crippen molar-refractivity contribution < 1.29 is 14.3 Å². The van der Waals surface area contributed by atoms with Gasteiger partial charge in [0.1, 0.15) is 11.8 Å². The summed E-state index contributed by atoms with van der Waals surface area (Å²) in [7, 11) is 0. The summed E-state index contributed by atoms with van der Waals surface area (Å²) >= 11 is 1.58. The van der Waals surface area contributed by atoms with Gasteiger partial charge >= 0.3 is 0 Å². The van der Waals surface area contributed by atoms with Gasteiger partial charge in [-0.15, -0.1) is 11.3 Å². The molecule has 0 spiro atoms.